The summed E-state index contributed by atoms with van der Waals surface area (Å²) in [7, 11) is 0. The van der Waals surface area contributed by atoms with Gasteiger partial charge in [0.05, 0.1) is 0 Å². The van der Waals surface area contributed by atoms with E-state index in [-0.39, 0.29) is 19.1 Å². The van der Waals surface area contributed by atoms with Crippen LogP contribution in [0.3, 0.4) is 0 Å². The lowest BCUT2D eigenvalue weighted by Crippen LogP contribution is -2.00. The van der Waals surface area contributed by atoms with E-state index in [9.17, 15) is 5.11 Å². The molecule has 0 fully saturated rings. The molecule has 0 heterocycles. The van der Waals surface area contributed by atoms with Gasteiger partial charge in [0.1, 0.15) is 0 Å². The fraction of sp³-hybridized carbons (Fsp3) is 0.257. The van der Waals surface area contributed by atoms with Gasteiger partial charge < -0.3 is 10.2 Å². The number of benzene rings is 3. The molecule has 1 unspecified atom stereocenters. The fourth-order valence-electron chi connectivity index (χ4n) is 4.13. The van der Waals surface area contributed by atoms with E-state index in [1.165, 1.54) is 11.1 Å². The molecule has 2 heteroatoms. The second-order valence-electron chi connectivity index (χ2n) is 9.10. The number of terminal acetylenes is 1. The normalized spacial score (nSPS) is 11.8. The molecule has 0 aliphatic carbocycles. The van der Waals surface area contributed by atoms with Crippen LogP contribution in [0.1, 0.15) is 77.0 Å². The van der Waals surface area contributed by atoms with Gasteiger partial charge in [-0.1, -0.05) is 96.7 Å². The molecular formula is C35H36O2. The zero-order valence-corrected chi connectivity index (χ0v) is 21.7. The Morgan fingerprint density at radius 2 is 1.49 bits per heavy atom. The van der Waals surface area contributed by atoms with E-state index in [4.69, 9.17) is 11.5 Å². The Morgan fingerprint density at radius 1 is 0.784 bits per heavy atom. The maximum atomic E-state index is 9.19. The van der Waals surface area contributed by atoms with E-state index in [1.807, 2.05) is 24.3 Å². The molecule has 0 radical (unpaired) electrons. The largest absolute Gasteiger partial charge is 0.396 e. The average Bonchev–Trinajstić information content (AvgIpc) is 2.93. The molecule has 3 aromatic rings. The molecule has 0 aliphatic heterocycles. The number of rotatable bonds is 11. The van der Waals surface area contributed by atoms with Gasteiger partial charge in [0.15, 0.2) is 0 Å². The maximum Gasteiger partial charge on any atom is 0.0456 e. The van der Waals surface area contributed by atoms with Crippen LogP contribution in [-0.2, 0) is 0 Å². The van der Waals surface area contributed by atoms with Crippen LogP contribution in [0, 0.1) is 31.1 Å². The van der Waals surface area contributed by atoms with Crippen molar-refractivity contribution in [2.75, 3.05) is 13.2 Å². The first-order chi connectivity index (χ1) is 18.1. The Balaban J connectivity index is 1.66. The third kappa shape index (κ3) is 8.96. The molecule has 0 spiro atoms. The zero-order valence-electron chi connectivity index (χ0n) is 21.7. The molecule has 0 aromatic heterocycles. The summed E-state index contributed by atoms with van der Waals surface area (Å²) in [4.78, 5) is 0. The van der Waals surface area contributed by atoms with Gasteiger partial charge in [0, 0.05) is 31.1 Å². The molecule has 3 rings (SSSR count). The molecule has 3 aromatic carbocycles. The second kappa shape index (κ2) is 15.3. The van der Waals surface area contributed by atoms with E-state index in [2.05, 4.69) is 91.5 Å². The van der Waals surface area contributed by atoms with Crippen LogP contribution in [0.25, 0.3) is 24.3 Å². The summed E-state index contributed by atoms with van der Waals surface area (Å²) in [5.74, 6) is 9.24. The fourth-order valence-corrected chi connectivity index (χ4v) is 4.13. The molecule has 0 amide bonds. The van der Waals surface area contributed by atoms with Crippen molar-refractivity contribution in [2.45, 2.75) is 44.9 Å². The summed E-state index contributed by atoms with van der Waals surface area (Å²) in [6.07, 6.45) is 18.3. The molecule has 37 heavy (non-hydrogen) atoms. The standard InChI is InChI=1S/C35H36O2/c1-3-32(13-10-26-37)35-14-8-7-12-34(35)24-21-31-20-23-33(28(2)27-31)22-19-30-17-15-29(16-18-30)11-6-4-5-9-25-36/h1,7-8,12,14-24,27,32,36-37H,4-5,9-10,13,25-26H2,2H3. The van der Waals surface area contributed by atoms with Crippen molar-refractivity contribution in [1.29, 1.82) is 0 Å². The Kier molecular flexibility index (Phi) is 11.5. The third-order valence-electron chi connectivity index (χ3n) is 6.28. The molecule has 1 atom stereocenters. The van der Waals surface area contributed by atoms with Crippen LogP contribution >= 0.6 is 0 Å². The number of unbranched alkanes of at least 4 members (excludes halogenated alkanes) is 2. The van der Waals surface area contributed by atoms with Gasteiger partial charge in [0.2, 0.25) is 0 Å². The summed E-state index contributed by atoms with van der Waals surface area (Å²) >= 11 is 0. The molecular weight excluding hydrogens is 452 g/mol. The quantitative estimate of drug-likeness (QED) is 0.168. The molecule has 188 valence electrons. The second-order valence-corrected chi connectivity index (χ2v) is 9.10. The van der Waals surface area contributed by atoms with Crippen molar-refractivity contribution >= 4 is 24.3 Å². The predicted octanol–water partition coefficient (Wildman–Crippen LogP) is 7.34. The molecule has 0 saturated heterocycles. The van der Waals surface area contributed by atoms with Crippen molar-refractivity contribution in [1.82, 2.24) is 0 Å². The van der Waals surface area contributed by atoms with E-state index >= 15 is 0 Å². The SMILES string of the molecule is C#CC(CCCO)c1ccccc1C=Cc1ccc(C=Cc2ccc(C#CCCCCO)cc2)c(C)c1. The van der Waals surface area contributed by atoms with Gasteiger partial charge in [0.25, 0.3) is 0 Å². The maximum absolute atomic E-state index is 9.19. The van der Waals surface area contributed by atoms with Crippen LogP contribution in [0.4, 0.5) is 0 Å². The minimum absolute atomic E-state index is 0.000212. The number of aliphatic hydroxyl groups is 2. The molecule has 2 nitrogen and oxygen atoms in total. The average molecular weight is 489 g/mol. The third-order valence-corrected chi connectivity index (χ3v) is 6.28. The van der Waals surface area contributed by atoms with E-state index in [0.717, 1.165) is 53.5 Å². The Morgan fingerprint density at radius 3 is 2.22 bits per heavy atom. The van der Waals surface area contributed by atoms with Crippen molar-refractivity contribution in [3.05, 3.63) is 106 Å². The molecule has 0 aliphatic rings. The first-order valence-electron chi connectivity index (χ1n) is 13.0. The van der Waals surface area contributed by atoms with Crippen molar-refractivity contribution < 1.29 is 10.2 Å². The van der Waals surface area contributed by atoms with E-state index < -0.39 is 0 Å². The van der Waals surface area contributed by atoms with Gasteiger partial charge in [-0.2, -0.15) is 0 Å². The summed E-state index contributed by atoms with van der Waals surface area (Å²) in [5.41, 5.74) is 7.92. The highest BCUT2D eigenvalue weighted by Crippen LogP contribution is 2.26. The van der Waals surface area contributed by atoms with Crippen LogP contribution in [0.5, 0.6) is 0 Å². The van der Waals surface area contributed by atoms with Crippen LogP contribution < -0.4 is 0 Å². The monoisotopic (exact) mass is 488 g/mol. The highest BCUT2D eigenvalue weighted by molar-refractivity contribution is 5.75. The number of hydrogen-bond donors (Lipinski definition) is 2. The summed E-state index contributed by atoms with van der Waals surface area (Å²) in [6, 6.07) is 23.0. The van der Waals surface area contributed by atoms with Crippen molar-refractivity contribution in [2.24, 2.45) is 0 Å². The molecule has 0 saturated carbocycles. The Bertz CT molecular complexity index is 1290. The zero-order chi connectivity index (χ0) is 26.3. The van der Waals surface area contributed by atoms with Gasteiger partial charge in [-0.25, -0.2) is 0 Å². The highest BCUT2D eigenvalue weighted by Gasteiger charge is 2.11. The van der Waals surface area contributed by atoms with Crippen LogP contribution in [-0.4, -0.2) is 23.4 Å². The number of aliphatic hydroxyl groups excluding tert-OH is 2. The smallest absolute Gasteiger partial charge is 0.0456 e. The van der Waals surface area contributed by atoms with Gasteiger partial charge in [-0.3, -0.25) is 0 Å². The van der Waals surface area contributed by atoms with E-state index in [1.54, 1.807) is 0 Å². The highest BCUT2D eigenvalue weighted by atomic mass is 16.3. The lowest BCUT2D eigenvalue weighted by Gasteiger charge is -2.13. The lowest BCUT2D eigenvalue weighted by molar-refractivity contribution is 0.283. The first kappa shape index (κ1) is 27.8. The Hall–Kier alpha value is -3.82. The molecule has 2 N–H and O–H groups in total. The summed E-state index contributed by atoms with van der Waals surface area (Å²) in [5, 5.41) is 18.0. The topological polar surface area (TPSA) is 40.5 Å². The van der Waals surface area contributed by atoms with Gasteiger partial charge in [-0.15, -0.1) is 6.42 Å². The minimum Gasteiger partial charge on any atom is -0.396 e. The summed E-state index contributed by atoms with van der Waals surface area (Å²) in [6.45, 7) is 2.52. The Labute approximate surface area is 222 Å². The molecule has 0 bridgehead atoms. The van der Waals surface area contributed by atoms with Crippen LogP contribution in [0.2, 0.25) is 0 Å². The minimum atomic E-state index is 0.000212. The van der Waals surface area contributed by atoms with Crippen molar-refractivity contribution in [3.63, 3.8) is 0 Å². The van der Waals surface area contributed by atoms with Crippen molar-refractivity contribution in [3.8, 4) is 24.2 Å². The lowest BCUT2D eigenvalue weighted by atomic mass is 9.90. The predicted molar refractivity (Wildman–Crippen MR) is 158 cm³/mol. The van der Waals surface area contributed by atoms with E-state index in [0.29, 0.717) is 6.42 Å². The number of aryl methyl sites for hydroxylation is 1. The summed E-state index contributed by atoms with van der Waals surface area (Å²) < 4.78 is 0. The number of hydrogen-bond acceptors (Lipinski definition) is 2. The first-order valence-corrected chi connectivity index (χ1v) is 13.0. The van der Waals surface area contributed by atoms with Gasteiger partial charge >= 0.3 is 0 Å². The van der Waals surface area contributed by atoms with Crippen LogP contribution in [0.15, 0.2) is 66.7 Å². The van der Waals surface area contributed by atoms with Gasteiger partial charge in [-0.05, 0) is 78.1 Å².